The van der Waals surface area contributed by atoms with Crippen LogP contribution in [-0.2, 0) is 0 Å². The summed E-state index contributed by atoms with van der Waals surface area (Å²) in [5.41, 5.74) is 5.94. The van der Waals surface area contributed by atoms with Crippen molar-refractivity contribution in [2.45, 2.75) is 13.3 Å². The van der Waals surface area contributed by atoms with Crippen LogP contribution in [0.5, 0.6) is 0 Å². The van der Waals surface area contributed by atoms with Crippen molar-refractivity contribution in [1.29, 1.82) is 0 Å². The summed E-state index contributed by atoms with van der Waals surface area (Å²) in [5.74, 6) is -0.635. The van der Waals surface area contributed by atoms with Crippen LogP contribution in [-0.4, -0.2) is 27.2 Å². The van der Waals surface area contributed by atoms with Gasteiger partial charge in [0.15, 0.2) is 0 Å². The number of nitro benzene ring substituents is 1. The van der Waals surface area contributed by atoms with Gasteiger partial charge in [-0.1, -0.05) is 13.0 Å². The third kappa shape index (κ3) is 2.99. The summed E-state index contributed by atoms with van der Waals surface area (Å²) in [4.78, 5) is 22.0. The van der Waals surface area contributed by atoms with Crippen LogP contribution in [0.25, 0.3) is 5.69 Å². The fourth-order valence-corrected chi connectivity index (χ4v) is 1.89. The SMILES string of the molecule is CCCNc1cccc(-n2cc(C(N)=O)cn2)c1[N+](=O)[O-]. The quantitative estimate of drug-likeness (QED) is 0.620. The average molecular weight is 289 g/mol. The number of nitrogens with one attached hydrogen (secondary N) is 1. The summed E-state index contributed by atoms with van der Waals surface area (Å²) in [6.45, 7) is 2.59. The van der Waals surface area contributed by atoms with E-state index in [0.717, 1.165) is 6.42 Å². The highest BCUT2D eigenvalue weighted by Crippen LogP contribution is 2.31. The van der Waals surface area contributed by atoms with Gasteiger partial charge in [-0.25, -0.2) is 4.68 Å². The summed E-state index contributed by atoms with van der Waals surface area (Å²) in [5, 5.41) is 18.3. The Morgan fingerprint density at radius 2 is 2.29 bits per heavy atom. The van der Waals surface area contributed by atoms with E-state index < -0.39 is 10.8 Å². The summed E-state index contributed by atoms with van der Waals surface area (Å²) in [6, 6.07) is 4.88. The van der Waals surface area contributed by atoms with Crippen LogP contribution in [0.3, 0.4) is 0 Å². The zero-order valence-electron chi connectivity index (χ0n) is 11.4. The molecule has 0 aliphatic heterocycles. The van der Waals surface area contributed by atoms with E-state index in [0.29, 0.717) is 12.2 Å². The van der Waals surface area contributed by atoms with Crippen molar-refractivity contribution in [2.24, 2.45) is 5.73 Å². The molecule has 2 aromatic rings. The maximum Gasteiger partial charge on any atom is 0.317 e. The van der Waals surface area contributed by atoms with Crippen molar-refractivity contribution in [1.82, 2.24) is 9.78 Å². The molecule has 8 heteroatoms. The number of hydrogen-bond acceptors (Lipinski definition) is 5. The molecule has 0 saturated carbocycles. The van der Waals surface area contributed by atoms with Gasteiger partial charge in [-0.05, 0) is 18.6 Å². The van der Waals surface area contributed by atoms with Crippen LogP contribution in [0.4, 0.5) is 11.4 Å². The predicted molar refractivity (Wildman–Crippen MR) is 77.5 cm³/mol. The van der Waals surface area contributed by atoms with Crippen molar-refractivity contribution in [3.05, 3.63) is 46.3 Å². The van der Waals surface area contributed by atoms with Crippen LogP contribution < -0.4 is 11.1 Å². The lowest BCUT2D eigenvalue weighted by Gasteiger charge is -2.09. The minimum atomic E-state index is -0.635. The van der Waals surface area contributed by atoms with E-state index in [4.69, 9.17) is 5.73 Å². The van der Waals surface area contributed by atoms with Gasteiger partial charge in [0.25, 0.3) is 5.91 Å². The molecule has 1 amide bonds. The van der Waals surface area contributed by atoms with Gasteiger partial charge in [0.2, 0.25) is 0 Å². The number of nitro groups is 1. The molecule has 0 bridgehead atoms. The summed E-state index contributed by atoms with van der Waals surface area (Å²) in [7, 11) is 0. The largest absolute Gasteiger partial charge is 0.379 e. The third-order valence-corrected chi connectivity index (χ3v) is 2.88. The van der Waals surface area contributed by atoms with E-state index >= 15 is 0 Å². The van der Waals surface area contributed by atoms with Crippen molar-refractivity contribution in [2.75, 3.05) is 11.9 Å². The lowest BCUT2D eigenvalue weighted by atomic mass is 10.2. The molecular weight excluding hydrogens is 274 g/mol. The molecule has 0 saturated heterocycles. The zero-order chi connectivity index (χ0) is 15.4. The molecule has 21 heavy (non-hydrogen) atoms. The first kappa shape index (κ1) is 14.5. The maximum absolute atomic E-state index is 11.4. The number of primary amides is 1. The van der Waals surface area contributed by atoms with E-state index in [9.17, 15) is 14.9 Å². The molecule has 0 radical (unpaired) electrons. The van der Waals surface area contributed by atoms with Crippen molar-refractivity contribution < 1.29 is 9.72 Å². The summed E-state index contributed by atoms with van der Waals surface area (Å²) >= 11 is 0. The molecule has 0 atom stereocenters. The minimum absolute atomic E-state index is 0.0925. The highest BCUT2D eigenvalue weighted by molar-refractivity contribution is 5.92. The van der Waals surface area contributed by atoms with Crippen LogP contribution in [0, 0.1) is 10.1 Å². The lowest BCUT2D eigenvalue weighted by molar-refractivity contribution is -0.383. The van der Waals surface area contributed by atoms with Gasteiger partial charge in [0.1, 0.15) is 11.4 Å². The Balaban J connectivity index is 2.51. The van der Waals surface area contributed by atoms with E-state index in [1.165, 1.54) is 17.1 Å². The number of nitrogens with two attached hydrogens (primary N) is 1. The van der Waals surface area contributed by atoms with Gasteiger partial charge in [0.05, 0.1) is 16.7 Å². The number of nitrogens with zero attached hydrogens (tertiary/aromatic N) is 3. The Morgan fingerprint density at radius 1 is 1.52 bits per heavy atom. The van der Waals surface area contributed by atoms with Crippen LogP contribution >= 0.6 is 0 Å². The standard InChI is InChI=1S/C13H15N5O3/c1-2-6-15-10-4-3-5-11(12(10)18(20)21)17-8-9(7-16-17)13(14)19/h3-5,7-8,15H,2,6H2,1H3,(H2,14,19). The lowest BCUT2D eigenvalue weighted by Crippen LogP contribution is -2.10. The molecule has 3 N–H and O–H groups in total. The fourth-order valence-electron chi connectivity index (χ4n) is 1.89. The molecule has 110 valence electrons. The minimum Gasteiger partial charge on any atom is -0.379 e. The van der Waals surface area contributed by atoms with Gasteiger partial charge in [-0.2, -0.15) is 5.10 Å². The first-order valence-corrected chi connectivity index (χ1v) is 6.40. The third-order valence-electron chi connectivity index (χ3n) is 2.88. The monoisotopic (exact) mass is 289 g/mol. The van der Waals surface area contributed by atoms with Gasteiger partial charge in [0, 0.05) is 12.7 Å². The molecule has 0 spiro atoms. The second-order valence-corrected chi connectivity index (χ2v) is 4.40. The highest BCUT2D eigenvalue weighted by atomic mass is 16.6. The number of anilines is 1. The summed E-state index contributed by atoms with van der Waals surface area (Å²) in [6.07, 6.45) is 3.49. The number of para-hydroxylation sites is 1. The first-order valence-electron chi connectivity index (χ1n) is 6.40. The normalized spacial score (nSPS) is 10.3. The Bertz CT molecular complexity index is 680. The van der Waals surface area contributed by atoms with Crippen LogP contribution in [0.1, 0.15) is 23.7 Å². The fraction of sp³-hybridized carbons (Fsp3) is 0.231. The van der Waals surface area contributed by atoms with E-state index in [-0.39, 0.29) is 16.9 Å². The van der Waals surface area contributed by atoms with Crippen LogP contribution in [0.15, 0.2) is 30.6 Å². The smallest absolute Gasteiger partial charge is 0.317 e. The number of rotatable bonds is 6. The highest BCUT2D eigenvalue weighted by Gasteiger charge is 2.21. The first-order chi connectivity index (χ1) is 10.0. The maximum atomic E-state index is 11.4. The van der Waals surface area contributed by atoms with E-state index in [2.05, 4.69) is 10.4 Å². The Morgan fingerprint density at radius 3 is 2.86 bits per heavy atom. The number of amides is 1. The van der Waals surface area contributed by atoms with Gasteiger partial charge >= 0.3 is 5.69 Å². The number of aromatic nitrogens is 2. The van der Waals surface area contributed by atoms with Gasteiger partial charge in [-0.15, -0.1) is 0 Å². The number of carbonyl (C=O) groups is 1. The predicted octanol–water partition coefficient (Wildman–Crippen LogP) is 1.70. The Kier molecular flexibility index (Phi) is 4.17. The molecule has 0 fully saturated rings. The molecule has 8 nitrogen and oxygen atoms in total. The average Bonchev–Trinajstić information content (AvgIpc) is 2.94. The van der Waals surface area contributed by atoms with E-state index in [1.54, 1.807) is 18.2 Å². The molecule has 0 aliphatic rings. The van der Waals surface area contributed by atoms with Crippen molar-refractivity contribution >= 4 is 17.3 Å². The second-order valence-electron chi connectivity index (χ2n) is 4.40. The molecule has 2 rings (SSSR count). The topological polar surface area (TPSA) is 116 Å². The molecule has 1 heterocycles. The Labute approximate surface area is 120 Å². The van der Waals surface area contributed by atoms with Crippen LogP contribution in [0.2, 0.25) is 0 Å². The van der Waals surface area contributed by atoms with Gasteiger partial charge in [-0.3, -0.25) is 14.9 Å². The molecular formula is C13H15N5O3. The zero-order valence-corrected chi connectivity index (χ0v) is 11.4. The number of benzene rings is 1. The molecule has 1 aromatic carbocycles. The number of hydrogen-bond donors (Lipinski definition) is 2. The van der Waals surface area contributed by atoms with Gasteiger partial charge < -0.3 is 11.1 Å². The summed E-state index contributed by atoms with van der Waals surface area (Å²) < 4.78 is 1.27. The number of carbonyl (C=O) groups excluding carboxylic acids is 1. The van der Waals surface area contributed by atoms with Crippen molar-refractivity contribution in [3.63, 3.8) is 0 Å². The Hall–Kier alpha value is -2.90. The molecule has 0 unspecified atom stereocenters. The molecule has 0 aliphatic carbocycles. The molecule has 1 aromatic heterocycles. The second kappa shape index (κ2) is 6.04. The van der Waals surface area contributed by atoms with E-state index in [1.807, 2.05) is 6.92 Å². The van der Waals surface area contributed by atoms with Crippen molar-refractivity contribution in [3.8, 4) is 5.69 Å².